The van der Waals surface area contributed by atoms with Gasteiger partial charge < -0.3 is 9.47 Å². The number of ether oxygens (including phenoxy) is 2. The van der Waals surface area contributed by atoms with Crippen molar-refractivity contribution in [2.75, 3.05) is 6.61 Å². The third kappa shape index (κ3) is 7.16. The van der Waals surface area contributed by atoms with Crippen LogP contribution in [-0.4, -0.2) is 18.7 Å². The van der Waals surface area contributed by atoms with Crippen molar-refractivity contribution in [3.8, 4) is 0 Å². The Kier molecular flexibility index (Phi) is 9.26. The Labute approximate surface area is 189 Å². The van der Waals surface area contributed by atoms with Gasteiger partial charge in [0.2, 0.25) is 0 Å². The van der Waals surface area contributed by atoms with Gasteiger partial charge in [0.05, 0.1) is 23.3 Å². The summed E-state index contributed by atoms with van der Waals surface area (Å²) in [6.45, 7) is 0.914. The van der Waals surface area contributed by atoms with E-state index in [4.69, 9.17) is 32.7 Å². The summed E-state index contributed by atoms with van der Waals surface area (Å²) >= 11 is 11.9. The summed E-state index contributed by atoms with van der Waals surface area (Å²) in [5, 5.41) is 0.792. The second-order valence-corrected chi connectivity index (χ2v) is 8.49. The summed E-state index contributed by atoms with van der Waals surface area (Å²) < 4.78 is 11.5. The lowest BCUT2D eigenvalue weighted by Gasteiger charge is -2.31. The molecule has 1 aliphatic carbocycles. The van der Waals surface area contributed by atoms with E-state index in [2.05, 4.69) is 30.3 Å². The van der Waals surface area contributed by atoms with Gasteiger partial charge in [0, 0.05) is 5.02 Å². The highest BCUT2D eigenvalue weighted by molar-refractivity contribution is 6.36. The normalized spacial score (nSPS) is 19.1. The van der Waals surface area contributed by atoms with E-state index in [1.54, 1.807) is 12.1 Å². The molecule has 1 aliphatic rings. The first-order valence-corrected chi connectivity index (χ1v) is 11.3. The van der Waals surface area contributed by atoms with Crippen LogP contribution in [0.4, 0.5) is 0 Å². The Hall–Kier alpha value is -1.81. The van der Waals surface area contributed by atoms with Gasteiger partial charge >= 0.3 is 5.97 Å². The van der Waals surface area contributed by atoms with Crippen LogP contribution in [0.3, 0.4) is 0 Å². The topological polar surface area (TPSA) is 35.5 Å². The van der Waals surface area contributed by atoms with Crippen LogP contribution in [0.15, 0.2) is 60.7 Å². The largest absolute Gasteiger partial charge is 0.458 e. The van der Waals surface area contributed by atoms with Crippen molar-refractivity contribution in [3.63, 3.8) is 0 Å². The van der Waals surface area contributed by atoms with E-state index in [1.807, 2.05) is 12.1 Å². The van der Waals surface area contributed by atoms with Crippen molar-refractivity contribution in [2.45, 2.75) is 51.2 Å². The van der Waals surface area contributed by atoms with E-state index in [9.17, 15) is 4.79 Å². The summed E-state index contributed by atoms with van der Waals surface area (Å²) in [5.74, 6) is 0.144. The molecule has 0 unspecified atom stereocenters. The highest BCUT2D eigenvalue weighted by Gasteiger charge is 2.25. The maximum Gasteiger partial charge on any atom is 0.339 e. The molecule has 2 aromatic rings. The van der Waals surface area contributed by atoms with Crippen molar-refractivity contribution in [1.29, 1.82) is 0 Å². The number of rotatable bonds is 9. The second-order valence-electron chi connectivity index (χ2n) is 7.65. The van der Waals surface area contributed by atoms with E-state index >= 15 is 0 Å². The molecule has 1 fully saturated rings. The fraction of sp³-hybridized carbons (Fsp3) is 0.400. The SMILES string of the molecule is O=C(OC/C=C/CC[C@H]1CCCC[C@@H]1OCc1ccccc1)c1ccc(Cl)cc1Cl. The number of carbonyl (C=O) groups excluding carboxylic acids is 1. The molecule has 0 spiro atoms. The lowest BCUT2D eigenvalue weighted by atomic mass is 9.83. The number of hydrogen-bond donors (Lipinski definition) is 0. The third-order valence-electron chi connectivity index (χ3n) is 5.48. The average molecular weight is 447 g/mol. The number of allylic oxidation sites excluding steroid dienone is 1. The number of halogens is 2. The van der Waals surface area contributed by atoms with Gasteiger partial charge in [0.25, 0.3) is 0 Å². The van der Waals surface area contributed by atoms with Gasteiger partial charge in [-0.2, -0.15) is 0 Å². The molecule has 0 aliphatic heterocycles. The minimum absolute atomic E-state index is 0.233. The highest BCUT2D eigenvalue weighted by Crippen LogP contribution is 2.31. The lowest BCUT2D eigenvalue weighted by molar-refractivity contribution is -0.0233. The van der Waals surface area contributed by atoms with Gasteiger partial charge in [0.15, 0.2) is 0 Å². The Bertz CT molecular complexity index is 836. The molecular formula is C25H28Cl2O3. The molecule has 5 heteroatoms. The van der Waals surface area contributed by atoms with E-state index in [0.29, 0.717) is 34.2 Å². The molecule has 3 nitrogen and oxygen atoms in total. The Morgan fingerprint density at radius 1 is 1.03 bits per heavy atom. The molecule has 3 rings (SSSR count). The number of hydrogen-bond acceptors (Lipinski definition) is 3. The van der Waals surface area contributed by atoms with Crippen molar-refractivity contribution in [3.05, 3.63) is 81.9 Å². The first-order chi connectivity index (χ1) is 14.6. The number of carbonyl (C=O) groups is 1. The molecule has 0 N–H and O–H groups in total. The van der Waals surface area contributed by atoms with Crippen molar-refractivity contribution >= 4 is 29.2 Å². The van der Waals surface area contributed by atoms with Gasteiger partial charge in [-0.05, 0) is 55.4 Å². The Morgan fingerprint density at radius 2 is 1.83 bits per heavy atom. The zero-order valence-corrected chi connectivity index (χ0v) is 18.6. The van der Waals surface area contributed by atoms with E-state index in [0.717, 1.165) is 19.3 Å². The lowest BCUT2D eigenvalue weighted by Crippen LogP contribution is -2.27. The van der Waals surface area contributed by atoms with Crippen LogP contribution in [0.1, 0.15) is 54.4 Å². The summed E-state index contributed by atoms with van der Waals surface area (Å²) in [4.78, 5) is 12.1. The number of esters is 1. The molecule has 0 radical (unpaired) electrons. The molecule has 160 valence electrons. The maximum atomic E-state index is 12.1. The average Bonchev–Trinajstić information content (AvgIpc) is 2.76. The first-order valence-electron chi connectivity index (χ1n) is 10.6. The second kappa shape index (κ2) is 12.1. The molecule has 1 saturated carbocycles. The van der Waals surface area contributed by atoms with Gasteiger partial charge in [-0.25, -0.2) is 4.79 Å². The van der Waals surface area contributed by atoms with E-state index in [1.165, 1.54) is 30.9 Å². The fourth-order valence-corrected chi connectivity index (χ4v) is 4.34. The highest BCUT2D eigenvalue weighted by atomic mass is 35.5. The molecule has 0 aromatic heterocycles. The number of benzene rings is 2. The minimum Gasteiger partial charge on any atom is -0.458 e. The molecule has 0 heterocycles. The van der Waals surface area contributed by atoms with Crippen LogP contribution in [0.5, 0.6) is 0 Å². The van der Waals surface area contributed by atoms with Crippen LogP contribution in [-0.2, 0) is 16.1 Å². The third-order valence-corrected chi connectivity index (χ3v) is 6.03. The van der Waals surface area contributed by atoms with E-state index in [-0.39, 0.29) is 6.61 Å². The van der Waals surface area contributed by atoms with Gasteiger partial charge in [0.1, 0.15) is 6.61 Å². The first kappa shape index (κ1) is 22.9. The zero-order valence-electron chi connectivity index (χ0n) is 17.1. The Morgan fingerprint density at radius 3 is 2.63 bits per heavy atom. The fourth-order valence-electron chi connectivity index (χ4n) is 3.85. The van der Waals surface area contributed by atoms with Crippen molar-refractivity contribution < 1.29 is 14.3 Å². The van der Waals surface area contributed by atoms with Crippen LogP contribution in [0.2, 0.25) is 10.0 Å². The van der Waals surface area contributed by atoms with Crippen LogP contribution < -0.4 is 0 Å². The molecular weight excluding hydrogens is 419 g/mol. The molecule has 2 aromatic carbocycles. The molecule has 0 amide bonds. The van der Waals surface area contributed by atoms with E-state index < -0.39 is 5.97 Å². The minimum atomic E-state index is -0.442. The summed E-state index contributed by atoms with van der Waals surface area (Å²) in [7, 11) is 0. The maximum absolute atomic E-state index is 12.1. The van der Waals surface area contributed by atoms with Crippen molar-refractivity contribution in [1.82, 2.24) is 0 Å². The van der Waals surface area contributed by atoms with Gasteiger partial charge in [-0.1, -0.05) is 78.5 Å². The summed E-state index contributed by atoms with van der Waals surface area (Å²) in [5.41, 5.74) is 1.56. The van der Waals surface area contributed by atoms with Crippen LogP contribution >= 0.6 is 23.2 Å². The molecule has 2 atom stereocenters. The van der Waals surface area contributed by atoms with Crippen LogP contribution in [0, 0.1) is 5.92 Å². The standard InChI is InChI=1S/C25H28Cl2O3/c26-21-14-15-22(23(27)17-21)25(28)29-16-8-2-5-11-20-12-6-7-13-24(20)30-18-19-9-3-1-4-10-19/h1-4,8-10,14-15,17,20,24H,5-7,11-13,16,18H2/b8-2+/t20-,24-/m0/s1. The summed E-state index contributed by atoms with van der Waals surface area (Å²) in [6, 6.07) is 15.1. The zero-order chi connectivity index (χ0) is 21.2. The smallest absolute Gasteiger partial charge is 0.339 e. The monoisotopic (exact) mass is 446 g/mol. The van der Waals surface area contributed by atoms with Gasteiger partial charge in [-0.15, -0.1) is 0 Å². The van der Waals surface area contributed by atoms with Gasteiger partial charge in [-0.3, -0.25) is 0 Å². The predicted molar refractivity (Wildman–Crippen MR) is 122 cm³/mol. The molecule has 0 saturated heterocycles. The Balaban J connectivity index is 1.38. The van der Waals surface area contributed by atoms with Crippen LogP contribution in [0.25, 0.3) is 0 Å². The predicted octanol–water partition coefficient (Wildman–Crippen LogP) is 7.26. The molecule has 30 heavy (non-hydrogen) atoms. The molecule has 0 bridgehead atoms. The van der Waals surface area contributed by atoms with Crippen molar-refractivity contribution in [2.24, 2.45) is 5.92 Å². The quantitative estimate of drug-likeness (QED) is 0.300. The summed E-state index contributed by atoms with van der Waals surface area (Å²) in [6.07, 6.45) is 11.2.